The van der Waals surface area contributed by atoms with Gasteiger partial charge >= 0.3 is 5.97 Å². The van der Waals surface area contributed by atoms with Crippen LogP contribution >= 0.6 is 0 Å². The van der Waals surface area contributed by atoms with Gasteiger partial charge in [-0.15, -0.1) is 0 Å². The van der Waals surface area contributed by atoms with Crippen molar-refractivity contribution in [2.45, 2.75) is 37.6 Å². The number of H-pyrrole nitrogens is 1. The molecule has 0 radical (unpaired) electrons. The average Bonchev–Trinajstić information content (AvgIpc) is 2.93. The van der Waals surface area contributed by atoms with Gasteiger partial charge in [0, 0.05) is 6.20 Å². The lowest BCUT2D eigenvalue weighted by Crippen LogP contribution is -2.56. The fourth-order valence-electron chi connectivity index (χ4n) is 2.49. The highest BCUT2D eigenvalue weighted by Gasteiger charge is 2.42. The standard InChI is InChI=1S/C13H18N2O3/c1-18-12(17)13(7-3-2-4-8-13)15-11(16)10-6-5-9-14-10/h5-6,9,14H,2-4,7-8H2,1H3,(H,15,16). The van der Waals surface area contributed by atoms with Crippen LogP contribution in [0.4, 0.5) is 0 Å². The molecule has 0 aliphatic heterocycles. The zero-order valence-corrected chi connectivity index (χ0v) is 10.5. The third-order valence-electron chi connectivity index (χ3n) is 3.48. The summed E-state index contributed by atoms with van der Waals surface area (Å²) in [5.41, 5.74) is -0.390. The molecular formula is C13H18N2O3. The monoisotopic (exact) mass is 250 g/mol. The molecule has 0 bridgehead atoms. The van der Waals surface area contributed by atoms with Crippen LogP contribution in [0, 0.1) is 0 Å². The summed E-state index contributed by atoms with van der Waals surface area (Å²) in [5.74, 6) is -0.602. The van der Waals surface area contributed by atoms with Gasteiger partial charge in [0.25, 0.3) is 5.91 Å². The molecule has 5 nitrogen and oxygen atoms in total. The van der Waals surface area contributed by atoms with E-state index in [1.165, 1.54) is 7.11 Å². The van der Waals surface area contributed by atoms with Crippen molar-refractivity contribution in [3.8, 4) is 0 Å². The summed E-state index contributed by atoms with van der Waals surface area (Å²) in [4.78, 5) is 26.8. The fourth-order valence-corrected chi connectivity index (χ4v) is 2.49. The van der Waals surface area contributed by atoms with Crippen molar-refractivity contribution >= 4 is 11.9 Å². The lowest BCUT2D eigenvalue weighted by molar-refractivity contribution is -0.149. The van der Waals surface area contributed by atoms with Gasteiger partial charge < -0.3 is 15.0 Å². The van der Waals surface area contributed by atoms with Crippen molar-refractivity contribution in [3.63, 3.8) is 0 Å². The summed E-state index contributed by atoms with van der Waals surface area (Å²) in [6.45, 7) is 0. The lowest BCUT2D eigenvalue weighted by Gasteiger charge is -2.35. The Morgan fingerprint density at radius 3 is 2.61 bits per heavy atom. The van der Waals surface area contributed by atoms with Gasteiger partial charge in [-0.3, -0.25) is 4.79 Å². The molecular weight excluding hydrogens is 232 g/mol. The second-order valence-corrected chi connectivity index (χ2v) is 4.67. The molecule has 1 saturated carbocycles. The van der Waals surface area contributed by atoms with E-state index in [0.717, 1.165) is 19.3 Å². The minimum Gasteiger partial charge on any atom is -0.467 e. The van der Waals surface area contributed by atoms with Crippen LogP contribution < -0.4 is 5.32 Å². The third kappa shape index (κ3) is 2.39. The molecule has 5 heteroatoms. The Hall–Kier alpha value is -1.78. The molecule has 18 heavy (non-hydrogen) atoms. The maximum Gasteiger partial charge on any atom is 0.331 e. The minimum absolute atomic E-state index is 0.257. The number of aromatic nitrogens is 1. The molecule has 1 aromatic rings. The largest absolute Gasteiger partial charge is 0.467 e. The SMILES string of the molecule is COC(=O)C1(NC(=O)c2ccc[nH]2)CCCCC1. The molecule has 2 N–H and O–H groups in total. The molecule has 1 fully saturated rings. The van der Waals surface area contributed by atoms with E-state index in [4.69, 9.17) is 4.74 Å². The van der Waals surface area contributed by atoms with Crippen LogP contribution in [0.25, 0.3) is 0 Å². The number of aromatic amines is 1. The molecule has 1 heterocycles. The summed E-state index contributed by atoms with van der Waals surface area (Å²) >= 11 is 0. The van der Waals surface area contributed by atoms with Crippen molar-refractivity contribution in [3.05, 3.63) is 24.0 Å². The number of ether oxygens (including phenoxy) is 1. The van der Waals surface area contributed by atoms with E-state index in [-0.39, 0.29) is 11.9 Å². The zero-order chi connectivity index (χ0) is 13.0. The fraction of sp³-hybridized carbons (Fsp3) is 0.538. The number of rotatable bonds is 3. The Kier molecular flexibility index (Phi) is 3.69. The summed E-state index contributed by atoms with van der Waals surface area (Å²) in [6, 6.07) is 3.43. The zero-order valence-electron chi connectivity index (χ0n) is 10.5. The van der Waals surface area contributed by atoms with Gasteiger partial charge in [0.05, 0.1) is 7.11 Å². The predicted molar refractivity (Wildman–Crippen MR) is 66.1 cm³/mol. The first-order valence-corrected chi connectivity index (χ1v) is 6.22. The lowest BCUT2D eigenvalue weighted by atomic mass is 9.81. The van der Waals surface area contributed by atoms with E-state index in [1.54, 1.807) is 18.3 Å². The van der Waals surface area contributed by atoms with Gasteiger partial charge in [-0.25, -0.2) is 4.79 Å². The Bertz CT molecular complexity index is 419. The quantitative estimate of drug-likeness (QED) is 0.801. The Morgan fingerprint density at radius 2 is 2.06 bits per heavy atom. The molecule has 0 saturated heterocycles. The van der Waals surface area contributed by atoms with Crippen molar-refractivity contribution < 1.29 is 14.3 Å². The normalized spacial score (nSPS) is 18.1. The van der Waals surface area contributed by atoms with Gasteiger partial charge in [-0.05, 0) is 25.0 Å². The van der Waals surface area contributed by atoms with E-state index in [9.17, 15) is 9.59 Å². The smallest absolute Gasteiger partial charge is 0.331 e. The highest BCUT2D eigenvalue weighted by Crippen LogP contribution is 2.29. The maximum atomic E-state index is 12.0. The van der Waals surface area contributed by atoms with Crippen LogP contribution in [0.1, 0.15) is 42.6 Å². The predicted octanol–water partition coefficient (Wildman–Crippen LogP) is 1.62. The highest BCUT2D eigenvalue weighted by molar-refractivity contribution is 5.96. The number of carbonyl (C=O) groups is 2. The van der Waals surface area contributed by atoms with Gasteiger partial charge in [-0.2, -0.15) is 0 Å². The second kappa shape index (κ2) is 5.25. The Morgan fingerprint density at radius 1 is 1.33 bits per heavy atom. The molecule has 2 rings (SSSR count). The summed E-state index contributed by atoms with van der Waals surface area (Å²) in [7, 11) is 1.36. The molecule has 1 aromatic heterocycles. The number of carbonyl (C=O) groups excluding carboxylic acids is 2. The van der Waals surface area contributed by atoms with Crippen LogP contribution in [-0.2, 0) is 9.53 Å². The number of amides is 1. The summed E-state index contributed by atoms with van der Waals surface area (Å²) < 4.78 is 4.85. The molecule has 1 aliphatic carbocycles. The van der Waals surface area contributed by atoms with Crippen LogP contribution in [0.2, 0.25) is 0 Å². The molecule has 0 aromatic carbocycles. The third-order valence-corrected chi connectivity index (χ3v) is 3.48. The number of esters is 1. The van der Waals surface area contributed by atoms with Crippen molar-refractivity contribution in [2.75, 3.05) is 7.11 Å². The van der Waals surface area contributed by atoms with E-state index >= 15 is 0 Å². The van der Waals surface area contributed by atoms with Crippen molar-refractivity contribution in [1.29, 1.82) is 0 Å². The molecule has 0 atom stereocenters. The first-order valence-electron chi connectivity index (χ1n) is 6.22. The Labute approximate surface area is 106 Å². The highest BCUT2D eigenvalue weighted by atomic mass is 16.5. The first kappa shape index (κ1) is 12.7. The van der Waals surface area contributed by atoms with Gasteiger partial charge in [0.15, 0.2) is 0 Å². The van der Waals surface area contributed by atoms with E-state index in [0.29, 0.717) is 18.5 Å². The molecule has 1 aliphatic rings. The van der Waals surface area contributed by atoms with Crippen molar-refractivity contribution in [1.82, 2.24) is 10.3 Å². The second-order valence-electron chi connectivity index (χ2n) is 4.67. The number of hydrogen-bond acceptors (Lipinski definition) is 3. The number of hydrogen-bond donors (Lipinski definition) is 2. The van der Waals surface area contributed by atoms with Crippen molar-refractivity contribution in [2.24, 2.45) is 0 Å². The number of nitrogens with one attached hydrogen (secondary N) is 2. The topological polar surface area (TPSA) is 71.2 Å². The van der Waals surface area contributed by atoms with Gasteiger partial charge in [0.1, 0.15) is 11.2 Å². The van der Waals surface area contributed by atoms with E-state index in [1.807, 2.05) is 0 Å². The van der Waals surface area contributed by atoms with E-state index < -0.39 is 5.54 Å². The summed E-state index contributed by atoms with van der Waals surface area (Å²) in [5, 5.41) is 2.84. The molecule has 0 spiro atoms. The van der Waals surface area contributed by atoms with Gasteiger partial charge in [-0.1, -0.05) is 19.3 Å². The van der Waals surface area contributed by atoms with E-state index in [2.05, 4.69) is 10.3 Å². The molecule has 98 valence electrons. The van der Waals surface area contributed by atoms with Crippen LogP contribution in [0.5, 0.6) is 0 Å². The van der Waals surface area contributed by atoms with Crippen LogP contribution in [0.15, 0.2) is 18.3 Å². The Balaban J connectivity index is 2.15. The van der Waals surface area contributed by atoms with Crippen LogP contribution in [-0.4, -0.2) is 29.5 Å². The molecule has 1 amide bonds. The minimum atomic E-state index is -0.852. The summed E-state index contributed by atoms with van der Waals surface area (Å²) in [6.07, 6.45) is 5.93. The first-order chi connectivity index (χ1) is 8.68. The molecule has 0 unspecified atom stereocenters. The van der Waals surface area contributed by atoms with Gasteiger partial charge in [0.2, 0.25) is 0 Å². The average molecular weight is 250 g/mol. The maximum absolute atomic E-state index is 12.0. The van der Waals surface area contributed by atoms with Crippen LogP contribution in [0.3, 0.4) is 0 Å². The number of methoxy groups -OCH3 is 1.